The number of hydrogen-bond acceptors (Lipinski definition) is 1. The molecule has 3 N–H and O–H groups in total. The average Bonchev–Trinajstić information content (AvgIpc) is 2.94. The van der Waals surface area contributed by atoms with Crippen LogP contribution in [0.25, 0.3) is 10.9 Å². The van der Waals surface area contributed by atoms with Gasteiger partial charge in [0.1, 0.15) is 0 Å². The molecule has 2 aromatic carbocycles. The van der Waals surface area contributed by atoms with Crippen molar-refractivity contribution in [3.63, 3.8) is 0 Å². The van der Waals surface area contributed by atoms with Crippen LogP contribution in [0.4, 0.5) is 0 Å². The summed E-state index contributed by atoms with van der Waals surface area (Å²) in [6, 6.07) is 15.0. The Labute approximate surface area is 159 Å². The van der Waals surface area contributed by atoms with Crippen LogP contribution in [0.1, 0.15) is 36.1 Å². The van der Waals surface area contributed by atoms with Crippen molar-refractivity contribution in [3.8, 4) is 0 Å². The highest BCUT2D eigenvalue weighted by atomic mass is 79.9. The number of hydrogen-bond donors (Lipinski definition) is 2. The Morgan fingerprint density at radius 2 is 1.79 bits per heavy atom. The van der Waals surface area contributed by atoms with Crippen molar-refractivity contribution in [3.05, 3.63) is 68.2 Å². The van der Waals surface area contributed by atoms with Gasteiger partial charge in [-0.05, 0) is 73.6 Å². The Hall–Kier alpha value is -1.10. The minimum atomic E-state index is -0.258. The SMILES string of the molecule is NC1(CCc2ccc(Br)cc2)CCCc2c1[nH]c1ccc(Br)cc21. The molecule has 1 aromatic heterocycles. The number of rotatable bonds is 3. The molecule has 124 valence electrons. The van der Waals surface area contributed by atoms with Gasteiger partial charge in [0.15, 0.2) is 0 Å². The van der Waals surface area contributed by atoms with Gasteiger partial charge in [-0.2, -0.15) is 0 Å². The lowest BCUT2D eigenvalue weighted by atomic mass is 9.77. The van der Waals surface area contributed by atoms with Crippen LogP contribution in [0.5, 0.6) is 0 Å². The van der Waals surface area contributed by atoms with Gasteiger partial charge in [-0.15, -0.1) is 0 Å². The Balaban J connectivity index is 1.67. The molecule has 3 aromatic rings. The van der Waals surface area contributed by atoms with E-state index in [0.29, 0.717) is 0 Å². The Kier molecular flexibility index (Phi) is 4.31. The molecule has 1 aliphatic carbocycles. The van der Waals surface area contributed by atoms with Crippen molar-refractivity contribution >= 4 is 42.8 Å². The number of nitrogens with one attached hydrogen (secondary N) is 1. The van der Waals surface area contributed by atoms with E-state index in [1.54, 1.807) is 0 Å². The van der Waals surface area contributed by atoms with Crippen molar-refractivity contribution in [2.24, 2.45) is 5.73 Å². The maximum atomic E-state index is 6.90. The lowest BCUT2D eigenvalue weighted by molar-refractivity contribution is 0.339. The number of benzene rings is 2. The van der Waals surface area contributed by atoms with Crippen LogP contribution < -0.4 is 5.73 Å². The highest BCUT2D eigenvalue weighted by molar-refractivity contribution is 9.10. The standard InChI is InChI=1S/C20H20Br2N2/c21-14-5-3-13(4-6-14)9-11-20(23)10-1-2-16-17-12-15(22)7-8-18(17)24-19(16)20/h3-8,12,24H,1-2,9-11,23H2. The number of aromatic nitrogens is 1. The van der Waals surface area contributed by atoms with Crippen LogP contribution in [-0.4, -0.2) is 4.98 Å². The fraction of sp³-hybridized carbons (Fsp3) is 0.300. The molecule has 24 heavy (non-hydrogen) atoms. The maximum Gasteiger partial charge on any atom is 0.0568 e. The van der Waals surface area contributed by atoms with E-state index >= 15 is 0 Å². The first kappa shape index (κ1) is 16.4. The van der Waals surface area contributed by atoms with E-state index < -0.39 is 0 Å². The van der Waals surface area contributed by atoms with Crippen LogP contribution in [0.15, 0.2) is 51.4 Å². The topological polar surface area (TPSA) is 41.8 Å². The average molecular weight is 448 g/mol. The summed E-state index contributed by atoms with van der Waals surface area (Å²) in [5.41, 5.74) is 11.8. The lowest BCUT2D eigenvalue weighted by Crippen LogP contribution is -2.40. The molecule has 0 saturated carbocycles. The zero-order chi connectivity index (χ0) is 16.7. The largest absolute Gasteiger partial charge is 0.357 e. The van der Waals surface area contributed by atoms with E-state index in [1.807, 2.05) is 0 Å². The number of aryl methyl sites for hydroxylation is 2. The molecule has 0 spiro atoms. The van der Waals surface area contributed by atoms with E-state index in [1.165, 1.54) is 27.7 Å². The third kappa shape index (κ3) is 2.96. The zero-order valence-corrected chi connectivity index (χ0v) is 16.6. The molecule has 1 atom stereocenters. The second-order valence-corrected chi connectivity index (χ2v) is 8.64. The summed E-state index contributed by atoms with van der Waals surface area (Å²) in [7, 11) is 0. The van der Waals surface area contributed by atoms with Gasteiger partial charge in [0.05, 0.1) is 5.54 Å². The van der Waals surface area contributed by atoms with Gasteiger partial charge in [0.2, 0.25) is 0 Å². The van der Waals surface area contributed by atoms with Crippen LogP contribution in [0.3, 0.4) is 0 Å². The summed E-state index contributed by atoms with van der Waals surface area (Å²) in [6.45, 7) is 0. The van der Waals surface area contributed by atoms with Gasteiger partial charge in [-0.25, -0.2) is 0 Å². The normalized spacial score (nSPS) is 20.3. The lowest BCUT2D eigenvalue weighted by Gasteiger charge is -2.34. The summed E-state index contributed by atoms with van der Waals surface area (Å²) >= 11 is 7.09. The Morgan fingerprint density at radius 1 is 1.04 bits per heavy atom. The van der Waals surface area contributed by atoms with Gasteiger partial charge < -0.3 is 10.7 Å². The zero-order valence-electron chi connectivity index (χ0n) is 13.4. The quantitative estimate of drug-likeness (QED) is 0.522. The fourth-order valence-corrected chi connectivity index (χ4v) is 4.50. The summed E-state index contributed by atoms with van der Waals surface area (Å²) in [4.78, 5) is 3.63. The number of aromatic amines is 1. The van der Waals surface area contributed by atoms with Crippen LogP contribution in [-0.2, 0) is 18.4 Å². The molecule has 0 bridgehead atoms. The van der Waals surface area contributed by atoms with E-state index in [0.717, 1.165) is 41.0 Å². The smallest absolute Gasteiger partial charge is 0.0568 e. The molecule has 2 nitrogen and oxygen atoms in total. The van der Waals surface area contributed by atoms with Crippen molar-refractivity contribution in [1.82, 2.24) is 4.98 Å². The first-order valence-corrected chi connectivity index (χ1v) is 9.98. The number of fused-ring (bicyclic) bond motifs is 3. The van der Waals surface area contributed by atoms with E-state index in [9.17, 15) is 0 Å². The van der Waals surface area contributed by atoms with Crippen molar-refractivity contribution < 1.29 is 0 Å². The Bertz CT molecular complexity index is 883. The number of halogens is 2. The minimum absolute atomic E-state index is 0.258. The fourth-order valence-electron chi connectivity index (χ4n) is 3.88. The second-order valence-electron chi connectivity index (χ2n) is 6.80. The van der Waals surface area contributed by atoms with E-state index in [2.05, 4.69) is 79.3 Å². The molecule has 1 heterocycles. The van der Waals surface area contributed by atoms with Gasteiger partial charge >= 0.3 is 0 Å². The molecule has 4 rings (SSSR count). The molecular formula is C20H20Br2N2. The molecule has 0 fully saturated rings. The summed E-state index contributed by atoms with van der Waals surface area (Å²) in [5.74, 6) is 0. The third-order valence-electron chi connectivity index (χ3n) is 5.19. The highest BCUT2D eigenvalue weighted by Crippen LogP contribution is 2.40. The van der Waals surface area contributed by atoms with E-state index in [4.69, 9.17) is 5.73 Å². The van der Waals surface area contributed by atoms with Crippen LogP contribution in [0, 0.1) is 0 Å². The van der Waals surface area contributed by atoms with Gasteiger partial charge in [0.25, 0.3) is 0 Å². The monoisotopic (exact) mass is 446 g/mol. The highest BCUT2D eigenvalue weighted by Gasteiger charge is 2.35. The van der Waals surface area contributed by atoms with Crippen molar-refractivity contribution in [1.29, 1.82) is 0 Å². The summed E-state index contributed by atoms with van der Waals surface area (Å²) in [5, 5.41) is 1.32. The molecule has 0 saturated heterocycles. The molecule has 0 aliphatic heterocycles. The van der Waals surface area contributed by atoms with Crippen molar-refractivity contribution in [2.75, 3.05) is 0 Å². The maximum absolute atomic E-state index is 6.90. The molecule has 1 unspecified atom stereocenters. The number of nitrogens with two attached hydrogens (primary N) is 1. The van der Waals surface area contributed by atoms with Crippen molar-refractivity contribution in [2.45, 2.75) is 37.6 Å². The third-order valence-corrected chi connectivity index (χ3v) is 6.21. The van der Waals surface area contributed by atoms with Crippen LogP contribution in [0.2, 0.25) is 0 Å². The first-order chi connectivity index (χ1) is 11.5. The summed E-state index contributed by atoms with van der Waals surface area (Å²) < 4.78 is 2.25. The van der Waals surface area contributed by atoms with Crippen LogP contribution >= 0.6 is 31.9 Å². The first-order valence-electron chi connectivity index (χ1n) is 8.39. The summed E-state index contributed by atoms with van der Waals surface area (Å²) in [6.07, 6.45) is 5.29. The molecule has 0 amide bonds. The van der Waals surface area contributed by atoms with Gasteiger partial charge in [-0.1, -0.05) is 44.0 Å². The van der Waals surface area contributed by atoms with Gasteiger partial charge in [0, 0.05) is 25.5 Å². The molecule has 4 heteroatoms. The number of H-pyrrole nitrogens is 1. The van der Waals surface area contributed by atoms with Gasteiger partial charge in [-0.3, -0.25) is 0 Å². The second kappa shape index (κ2) is 6.32. The Morgan fingerprint density at radius 3 is 2.58 bits per heavy atom. The molecule has 0 radical (unpaired) electrons. The van der Waals surface area contributed by atoms with E-state index in [-0.39, 0.29) is 5.54 Å². The molecular weight excluding hydrogens is 428 g/mol. The minimum Gasteiger partial charge on any atom is -0.357 e. The predicted molar refractivity (Wildman–Crippen MR) is 107 cm³/mol. The predicted octanol–water partition coefficient (Wildman–Crippen LogP) is 5.82. The molecule has 1 aliphatic rings.